The molecule has 0 unspecified atom stereocenters. The largest absolute Gasteiger partial charge is 0.359 e. The van der Waals surface area contributed by atoms with Gasteiger partial charge < -0.3 is 4.52 Å². The zero-order chi connectivity index (χ0) is 18.6. The summed E-state index contributed by atoms with van der Waals surface area (Å²) in [4.78, 5) is 22.2. The Labute approximate surface area is 173 Å². The summed E-state index contributed by atoms with van der Waals surface area (Å²) in [7, 11) is 0. The molecule has 1 fully saturated rings. The van der Waals surface area contributed by atoms with E-state index in [0.29, 0.717) is 29.4 Å². The van der Waals surface area contributed by atoms with Crippen LogP contribution in [0.3, 0.4) is 0 Å². The van der Waals surface area contributed by atoms with E-state index < -0.39 is 5.41 Å². The van der Waals surface area contributed by atoms with Crippen LogP contribution in [0.15, 0.2) is 9.55 Å². The van der Waals surface area contributed by atoms with E-state index in [-0.39, 0.29) is 0 Å². The molecule has 2 aliphatic carbocycles. The standard InChI is InChI=1S/C18H18IN5O2S/c1-27-17-11-14(19)22-23-15(11)20-16(21-17)12-9-5-4-8-18(13(9)26-24-12)7-3-2-6-10(18)25/h2-8H2,1H3,(H,20,21,22,23)/t18-/m1/s1. The maximum atomic E-state index is 12.8. The first-order valence-electron chi connectivity index (χ1n) is 9.12. The van der Waals surface area contributed by atoms with Crippen molar-refractivity contribution in [3.63, 3.8) is 0 Å². The average molecular weight is 495 g/mol. The van der Waals surface area contributed by atoms with Gasteiger partial charge in [-0.05, 0) is 61.0 Å². The van der Waals surface area contributed by atoms with Gasteiger partial charge in [0.2, 0.25) is 0 Å². The number of Topliss-reactive ketones (excluding diaryl/α,β-unsaturated/α-hetero) is 1. The molecule has 3 heterocycles. The number of hydrogen-bond donors (Lipinski definition) is 1. The van der Waals surface area contributed by atoms with Gasteiger partial charge in [0.25, 0.3) is 0 Å². The molecule has 3 aromatic rings. The number of fused-ring (bicyclic) bond motifs is 3. The number of carbonyl (C=O) groups is 1. The predicted octanol–water partition coefficient (Wildman–Crippen LogP) is 4.05. The predicted molar refractivity (Wildman–Crippen MR) is 110 cm³/mol. The number of halogens is 1. The second kappa shape index (κ2) is 6.54. The van der Waals surface area contributed by atoms with E-state index in [9.17, 15) is 4.79 Å². The number of aromatic amines is 1. The lowest BCUT2D eigenvalue weighted by Gasteiger charge is -2.36. The van der Waals surface area contributed by atoms with Crippen molar-refractivity contribution in [2.75, 3.05) is 6.26 Å². The van der Waals surface area contributed by atoms with Crippen LogP contribution in [0.5, 0.6) is 0 Å². The molecule has 0 bridgehead atoms. The number of nitrogens with one attached hydrogen (secondary N) is 1. The molecule has 0 amide bonds. The third kappa shape index (κ3) is 2.57. The van der Waals surface area contributed by atoms with Crippen LogP contribution in [-0.2, 0) is 16.6 Å². The van der Waals surface area contributed by atoms with Gasteiger partial charge in [-0.3, -0.25) is 9.89 Å². The van der Waals surface area contributed by atoms with E-state index in [1.54, 1.807) is 11.8 Å². The van der Waals surface area contributed by atoms with Gasteiger partial charge in [-0.1, -0.05) is 11.6 Å². The number of ketones is 1. The van der Waals surface area contributed by atoms with Crippen molar-refractivity contribution in [3.05, 3.63) is 15.0 Å². The van der Waals surface area contributed by atoms with Crippen LogP contribution in [0.4, 0.5) is 0 Å². The third-order valence-corrected chi connectivity index (χ3v) is 7.25. The Morgan fingerprint density at radius 2 is 2.04 bits per heavy atom. The summed E-state index contributed by atoms with van der Waals surface area (Å²) in [6.07, 6.45) is 8.20. The molecule has 3 aromatic heterocycles. The third-order valence-electron chi connectivity index (χ3n) is 5.79. The Morgan fingerprint density at radius 1 is 1.19 bits per heavy atom. The Balaban J connectivity index is 1.67. The highest BCUT2D eigenvalue weighted by Crippen LogP contribution is 2.47. The van der Waals surface area contributed by atoms with Crippen LogP contribution >= 0.6 is 34.4 Å². The molecular weight excluding hydrogens is 477 g/mol. The number of H-pyrrole nitrogens is 1. The van der Waals surface area contributed by atoms with Gasteiger partial charge in [0, 0.05) is 12.0 Å². The zero-order valence-corrected chi connectivity index (χ0v) is 17.8. The number of aromatic nitrogens is 5. The summed E-state index contributed by atoms with van der Waals surface area (Å²) in [5.41, 5.74) is 1.82. The Kier molecular flexibility index (Phi) is 4.26. The molecular formula is C18H18IN5O2S. The fraction of sp³-hybridized carbons (Fsp3) is 0.500. The number of carbonyl (C=O) groups excluding carboxylic acids is 1. The molecule has 140 valence electrons. The Hall–Kier alpha value is -1.49. The molecule has 1 atom stereocenters. The fourth-order valence-electron chi connectivity index (χ4n) is 4.48. The first-order valence-corrected chi connectivity index (χ1v) is 11.4. The lowest BCUT2D eigenvalue weighted by molar-refractivity contribution is -0.128. The highest BCUT2D eigenvalue weighted by atomic mass is 127. The van der Waals surface area contributed by atoms with Crippen molar-refractivity contribution in [2.45, 2.75) is 55.4 Å². The Morgan fingerprint density at radius 3 is 2.85 bits per heavy atom. The summed E-state index contributed by atoms with van der Waals surface area (Å²) in [6, 6.07) is 0. The monoisotopic (exact) mass is 495 g/mol. The minimum absolute atomic E-state index is 0.306. The van der Waals surface area contributed by atoms with Crippen LogP contribution in [0.1, 0.15) is 49.8 Å². The molecule has 0 aromatic carbocycles. The lowest BCUT2D eigenvalue weighted by Crippen LogP contribution is -2.41. The van der Waals surface area contributed by atoms with E-state index >= 15 is 0 Å². The van der Waals surface area contributed by atoms with Gasteiger partial charge >= 0.3 is 0 Å². The quantitative estimate of drug-likeness (QED) is 0.326. The van der Waals surface area contributed by atoms with Crippen LogP contribution in [0, 0.1) is 3.70 Å². The van der Waals surface area contributed by atoms with Gasteiger partial charge in [-0.2, -0.15) is 5.10 Å². The molecule has 1 N–H and O–H groups in total. The lowest BCUT2D eigenvalue weighted by atomic mass is 9.64. The van der Waals surface area contributed by atoms with Gasteiger partial charge in [-0.25, -0.2) is 9.97 Å². The molecule has 0 aliphatic heterocycles. The van der Waals surface area contributed by atoms with Gasteiger partial charge in [0.05, 0.1) is 10.8 Å². The molecule has 0 radical (unpaired) electrons. The summed E-state index contributed by atoms with van der Waals surface area (Å²) < 4.78 is 6.73. The normalized spacial score (nSPS) is 22.5. The van der Waals surface area contributed by atoms with Crippen molar-refractivity contribution in [1.82, 2.24) is 25.3 Å². The summed E-state index contributed by atoms with van der Waals surface area (Å²) >= 11 is 3.77. The second-order valence-electron chi connectivity index (χ2n) is 7.20. The van der Waals surface area contributed by atoms with Crippen molar-refractivity contribution >= 4 is 51.2 Å². The zero-order valence-electron chi connectivity index (χ0n) is 14.8. The average Bonchev–Trinajstić information content (AvgIpc) is 3.28. The second-order valence-corrected chi connectivity index (χ2v) is 9.07. The summed E-state index contributed by atoms with van der Waals surface area (Å²) in [5.74, 6) is 1.60. The molecule has 27 heavy (non-hydrogen) atoms. The summed E-state index contributed by atoms with van der Waals surface area (Å²) in [6.45, 7) is 0. The summed E-state index contributed by atoms with van der Waals surface area (Å²) in [5, 5.41) is 13.4. The molecule has 0 saturated heterocycles. The molecule has 5 rings (SSSR count). The molecule has 1 spiro atoms. The van der Waals surface area contributed by atoms with Crippen LogP contribution < -0.4 is 0 Å². The Bertz CT molecular complexity index is 1060. The SMILES string of the molecule is CSc1nc(-c2noc3c2CCC[C@@]32CCCCC2=O)nc2n[nH]c(I)c12. The van der Waals surface area contributed by atoms with Gasteiger partial charge in [0.15, 0.2) is 22.9 Å². The van der Waals surface area contributed by atoms with Gasteiger partial charge in [0.1, 0.15) is 14.5 Å². The number of thioether (sulfide) groups is 1. The number of nitrogens with zero attached hydrogens (tertiary/aromatic N) is 4. The van der Waals surface area contributed by atoms with Crippen LogP contribution in [-0.4, -0.2) is 37.4 Å². The minimum Gasteiger partial charge on any atom is -0.359 e. The first kappa shape index (κ1) is 17.6. The van der Waals surface area contributed by atoms with Crippen molar-refractivity contribution in [2.24, 2.45) is 0 Å². The fourth-order valence-corrected chi connectivity index (χ4v) is 5.86. The highest BCUT2D eigenvalue weighted by Gasteiger charge is 2.48. The molecule has 7 nitrogen and oxygen atoms in total. The first-order chi connectivity index (χ1) is 13.1. The molecule has 2 aliphatic rings. The van der Waals surface area contributed by atoms with E-state index in [2.05, 4.69) is 42.9 Å². The van der Waals surface area contributed by atoms with E-state index in [1.165, 1.54) is 0 Å². The van der Waals surface area contributed by atoms with Gasteiger partial charge in [-0.15, -0.1) is 11.8 Å². The minimum atomic E-state index is -0.481. The smallest absolute Gasteiger partial charge is 0.186 e. The number of hydrogen-bond acceptors (Lipinski definition) is 7. The topological polar surface area (TPSA) is 97.6 Å². The van der Waals surface area contributed by atoms with Crippen molar-refractivity contribution in [1.29, 1.82) is 0 Å². The van der Waals surface area contributed by atoms with Crippen LogP contribution in [0.2, 0.25) is 0 Å². The molecule has 1 saturated carbocycles. The number of rotatable bonds is 2. The van der Waals surface area contributed by atoms with Crippen molar-refractivity contribution < 1.29 is 9.32 Å². The maximum absolute atomic E-state index is 12.8. The van der Waals surface area contributed by atoms with E-state index in [1.807, 2.05) is 6.26 Å². The molecule has 9 heteroatoms. The van der Waals surface area contributed by atoms with Crippen molar-refractivity contribution in [3.8, 4) is 11.5 Å². The highest BCUT2D eigenvalue weighted by molar-refractivity contribution is 14.1. The van der Waals surface area contributed by atoms with E-state index in [0.717, 1.165) is 64.0 Å². The van der Waals surface area contributed by atoms with Crippen LogP contribution in [0.25, 0.3) is 22.6 Å². The van der Waals surface area contributed by atoms with E-state index in [4.69, 9.17) is 9.51 Å². The maximum Gasteiger partial charge on any atom is 0.186 e.